The summed E-state index contributed by atoms with van der Waals surface area (Å²) in [7, 11) is 0. The van der Waals surface area contributed by atoms with Crippen LogP contribution in [0.25, 0.3) is 0 Å². The molecule has 1 aliphatic carbocycles. The van der Waals surface area contributed by atoms with Crippen LogP contribution in [-0.2, 0) is 6.42 Å². The zero-order valence-corrected chi connectivity index (χ0v) is 11.2. The molecule has 1 aromatic heterocycles. The van der Waals surface area contributed by atoms with Gasteiger partial charge in [0.25, 0.3) is 0 Å². The van der Waals surface area contributed by atoms with Crippen LogP contribution in [0.5, 0.6) is 0 Å². The van der Waals surface area contributed by atoms with E-state index in [1.54, 1.807) is 11.3 Å². The summed E-state index contributed by atoms with van der Waals surface area (Å²) in [6.45, 7) is 0. The monoisotopic (exact) mass is 253 g/mol. The molecule has 0 spiro atoms. The lowest BCUT2D eigenvalue weighted by Crippen LogP contribution is -2.37. The summed E-state index contributed by atoms with van der Waals surface area (Å²) in [4.78, 5) is 5.44. The highest BCUT2D eigenvalue weighted by Gasteiger charge is 2.16. The van der Waals surface area contributed by atoms with E-state index in [1.807, 2.05) is 11.7 Å². The first-order valence-corrected chi connectivity index (χ1v) is 7.60. The SMILES string of the molecule is NNC(CCC1CCCCC1)Cc1cncs1. The highest BCUT2D eigenvalue weighted by Crippen LogP contribution is 2.28. The van der Waals surface area contributed by atoms with E-state index < -0.39 is 0 Å². The van der Waals surface area contributed by atoms with E-state index in [4.69, 9.17) is 5.84 Å². The van der Waals surface area contributed by atoms with Crippen molar-refractivity contribution in [3.63, 3.8) is 0 Å². The molecule has 0 saturated heterocycles. The minimum atomic E-state index is 0.414. The Kier molecular flexibility index (Phi) is 5.42. The number of rotatable bonds is 6. The molecule has 1 aromatic rings. The predicted molar refractivity (Wildman–Crippen MR) is 72.7 cm³/mol. The maximum absolute atomic E-state index is 5.64. The van der Waals surface area contributed by atoms with Crippen LogP contribution >= 0.6 is 11.3 Å². The standard InChI is InChI=1S/C13H23N3S/c14-16-12(8-13-9-15-10-17-13)7-6-11-4-2-1-3-5-11/h9-12,16H,1-8,14H2. The molecule has 3 nitrogen and oxygen atoms in total. The molecule has 0 amide bonds. The molecule has 1 heterocycles. The fourth-order valence-corrected chi connectivity index (χ4v) is 3.42. The quantitative estimate of drug-likeness (QED) is 0.605. The smallest absolute Gasteiger partial charge is 0.0794 e. The molecule has 96 valence electrons. The number of aromatic nitrogens is 1. The topological polar surface area (TPSA) is 50.9 Å². The summed E-state index contributed by atoms with van der Waals surface area (Å²) < 4.78 is 0. The van der Waals surface area contributed by atoms with Gasteiger partial charge in [0.15, 0.2) is 0 Å². The molecule has 4 heteroatoms. The molecule has 1 saturated carbocycles. The molecule has 1 fully saturated rings. The fourth-order valence-electron chi connectivity index (χ4n) is 2.74. The molecule has 0 bridgehead atoms. The van der Waals surface area contributed by atoms with Crippen molar-refractivity contribution in [1.82, 2.24) is 10.4 Å². The van der Waals surface area contributed by atoms with E-state index in [9.17, 15) is 0 Å². The minimum Gasteiger partial charge on any atom is -0.271 e. The number of nitrogens with two attached hydrogens (primary N) is 1. The van der Waals surface area contributed by atoms with E-state index in [-0.39, 0.29) is 0 Å². The molecular formula is C13H23N3S. The second kappa shape index (κ2) is 7.09. The average Bonchev–Trinajstić information content (AvgIpc) is 2.88. The molecular weight excluding hydrogens is 230 g/mol. The maximum Gasteiger partial charge on any atom is 0.0794 e. The van der Waals surface area contributed by atoms with Gasteiger partial charge < -0.3 is 0 Å². The van der Waals surface area contributed by atoms with E-state index in [0.29, 0.717) is 6.04 Å². The second-order valence-electron chi connectivity index (χ2n) is 5.12. The van der Waals surface area contributed by atoms with Crippen molar-refractivity contribution in [2.24, 2.45) is 11.8 Å². The summed E-state index contributed by atoms with van der Waals surface area (Å²) >= 11 is 1.72. The van der Waals surface area contributed by atoms with Crippen LogP contribution in [0, 0.1) is 5.92 Å². The van der Waals surface area contributed by atoms with Gasteiger partial charge in [-0.05, 0) is 18.8 Å². The van der Waals surface area contributed by atoms with Crippen molar-refractivity contribution >= 4 is 11.3 Å². The highest BCUT2D eigenvalue weighted by molar-refractivity contribution is 7.09. The summed E-state index contributed by atoms with van der Waals surface area (Å²) in [5.74, 6) is 6.58. The third-order valence-electron chi connectivity index (χ3n) is 3.81. The molecule has 2 rings (SSSR count). The first-order chi connectivity index (χ1) is 8.38. The molecule has 3 N–H and O–H groups in total. The first kappa shape index (κ1) is 13.0. The van der Waals surface area contributed by atoms with E-state index >= 15 is 0 Å². The lowest BCUT2D eigenvalue weighted by atomic mass is 9.85. The van der Waals surface area contributed by atoms with Gasteiger partial charge in [-0.15, -0.1) is 11.3 Å². The normalized spacial score (nSPS) is 19.4. The third kappa shape index (κ3) is 4.37. The largest absolute Gasteiger partial charge is 0.271 e. The molecule has 0 aliphatic heterocycles. The number of nitrogens with zero attached hydrogens (tertiary/aromatic N) is 1. The number of thiazole rings is 1. The van der Waals surface area contributed by atoms with Crippen molar-refractivity contribution in [1.29, 1.82) is 0 Å². The van der Waals surface area contributed by atoms with Crippen molar-refractivity contribution in [3.05, 3.63) is 16.6 Å². The molecule has 0 radical (unpaired) electrons. The Balaban J connectivity index is 1.71. The summed E-state index contributed by atoms with van der Waals surface area (Å²) in [5.41, 5.74) is 4.85. The van der Waals surface area contributed by atoms with E-state index in [2.05, 4.69) is 10.4 Å². The van der Waals surface area contributed by atoms with Gasteiger partial charge in [0.2, 0.25) is 0 Å². The van der Waals surface area contributed by atoms with Gasteiger partial charge in [-0.1, -0.05) is 32.1 Å². The molecule has 17 heavy (non-hydrogen) atoms. The zero-order valence-electron chi connectivity index (χ0n) is 10.4. The van der Waals surface area contributed by atoms with Crippen LogP contribution in [0.3, 0.4) is 0 Å². The van der Waals surface area contributed by atoms with Crippen molar-refractivity contribution < 1.29 is 0 Å². The molecule has 1 unspecified atom stereocenters. The van der Waals surface area contributed by atoms with Crippen LogP contribution in [0.1, 0.15) is 49.8 Å². The van der Waals surface area contributed by atoms with E-state index in [0.717, 1.165) is 12.3 Å². The Morgan fingerprint density at radius 3 is 2.88 bits per heavy atom. The maximum atomic E-state index is 5.64. The van der Waals surface area contributed by atoms with Gasteiger partial charge in [-0.2, -0.15) is 0 Å². The average molecular weight is 253 g/mol. The van der Waals surface area contributed by atoms with Crippen LogP contribution in [0.15, 0.2) is 11.7 Å². The van der Waals surface area contributed by atoms with Gasteiger partial charge >= 0.3 is 0 Å². The summed E-state index contributed by atoms with van der Waals surface area (Å²) in [6.07, 6.45) is 12.7. The van der Waals surface area contributed by atoms with Gasteiger partial charge in [-0.3, -0.25) is 16.3 Å². The third-order valence-corrected chi connectivity index (χ3v) is 4.62. The Hall–Kier alpha value is -0.450. The first-order valence-electron chi connectivity index (χ1n) is 6.72. The Labute approximate surface area is 108 Å². The number of nitrogens with one attached hydrogen (secondary N) is 1. The number of hydrogen-bond donors (Lipinski definition) is 2. The van der Waals surface area contributed by atoms with Crippen LogP contribution in [-0.4, -0.2) is 11.0 Å². The van der Waals surface area contributed by atoms with Gasteiger partial charge in [0.05, 0.1) is 5.51 Å². The van der Waals surface area contributed by atoms with Gasteiger partial charge in [-0.25, -0.2) is 0 Å². The minimum absolute atomic E-state index is 0.414. The van der Waals surface area contributed by atoms with Gasteiger partial charge in [0.1, 0.15) is 0 Å². The summed E-state index contributed by atoms with van der Waals surface area (Å²) in [6, 6.07) is 0.414. The summed E-state index contributed by atoms with van der Waals surface area (Å²) in [5, 5.41) is 0. The van der Waals surface area contributed by atoms with Crippen molar-refractivity contribution in [2.75, 3.05) is 0 Å². The molecule has 1 atom stereocenters. The Morgan fingerprint density at radius 1 is 1.41 bits per heavy atom. The number of hydrogen-bond acceptors (Lipinski definition) is 4. The lowest BCUT2D eigenvalue weighted by molar-refractivity contribution is 0.313. The Morgan fingerprint density at radius 2 is 2.24 bits per heavy atom. The van der Waals surface area contributed by atoms with Crippen LogP contribution < -0.4 is 11.3 Å². The molecule has 0 aromatic carbocycles. The van der Waals surface area contributed by atoms with Crippen molar-refractivity contribution in [2.45, 2.75) is 57.4 Å². The fraction of sp³-hybridized carbons (Fsp3) is 0.769. The Bertz CT molecular complexity index is 294. The van der Waals surface area contributed by atoms with Crippen LogP contribution in [0.2, 0.25) is 0 Å². The van der Waals surface area contributed by atoms with E-state index in [1.165, 1.54) is 49.8 Å². The van der Waals surface area contributed by atoms with Gasteiger partial charge in [0, 0.05) is 23.5 Å². The highest BCUT2D eigenvalue weighted by atomic mass is 32.1. The zero-order chi connectivity index (χ0) is 11.9. The second-order valence-corrected chi connectivity index (χ2v) is 6.09. The predicted octanol–water partition coefficient (Wildman–Crippen LogP) is 2.88. The van der Waals surface area contributed by atoms with Crippen molar-refractivity contribution in [3.8, 4) is 0 Å². The lowest BCUT2D eigenvalue weighted by Gasteiger charge is -2.23. The van der Waals surface area contributed by atoms with Crippen LogP contribution in [0.4, 0.5) is 0 Å². The molecule has 1 aliphatic rings. The number of hydrazine groups is 1.